The Morgan fingerprint density at radius 1 is 1.47 bits per heavy atom. The second-order valence-electron chi connectivity index (χ2n) is 3.75. The standard InChI is InChI=1S/C13H13NO3/c1-9(6-7-14)13(16)11-4-3-5-12(8-11)17-10(2)15/h3-5,8-9H,6H2,1-2H3. The van der Waals surface area contributed by atoms with Gasteiger partial charge in [0.1, 0.15) is 5.75 Å². The summed E-state index contributed by atoms with van der Waals surface area (Å²) in [7, 11) is 0. The quantitative estimate of drug-likeness (QED) is 0.453. The molecule has 0 spiro atoms. The fourth-order valence-corrected chi connectivity index (χ4v) is 1.39. The minimum atomic E-state index is -0.431. The normalized spacial score (nSPS) is 11.4. The van der Waals surface area contributed by atoms with Crippen LogP contribution in [0, 0.1) is 17.2 Å². The third-order valence-electron chi connectivity index (χ3n) is 2.23. The van der Waals surface area contributed by atoms with Crippen LogP contribution in [0.1, 0.15) is 30.6 Å². The molecule has 0 aliphatic rings. The summed E-state index contributed by atoms with van der Waals surface area (Å²) in [5, 5.41) is 8.53. The van der Waals surface area contributed by atoms with E-state index in [1.165, 1.54) is 13.0 Å². The molecule has 0 saturated heterocycles. The number of hydrogen-bond donors (Lipinski definition) is 0. The van der Waals surface area contributed by atoms with E-state index >= 15 is 0 Å². The van der Waals surface area contributed by atoms with E-state index in [1.807, 2.05) is 6.07 Å². The van der Waals surface area contributed by atoms with Gasteiger partial charge in [0, 0.05) is 24.8 Å². The molecule has 0 N–H and O–H groups in total. The van der Waals surface area contributed by atoms with Crippen molar-refractivity contribution in [3.63, 3.8) is 0 Å². The van der Waals surface area contributed by atoms with E-state index in [1.54, 1.807) is 25.1 Å². The van der Waals surface area contributed by atoms with E-state index in [0.717, 1.165) is 0 Å². The van der Waals surface area contributed by atoms with Crippen LogP contribution >= 0.6 is 0 Å². The molecule has 1 atom stereocenters. The van der Waals surface area contributed by atoms with Crippen molar-refractivity contribution < 1.29 is 14.3 Å². The smallest absolute Gasteiger partial charge is 0.308 e. The number of Topliss-reactive ketones (excluding diaryl/α,β-unsaturated/α-hetero) is 1. The van der Waals surface area contributed by atoms with Crippen molar-refractivity contribution in [3.8, 4) is 11.8 Å². The number of ether oxygens (including phenoxy) is 1. The number of carbonyl (C=O) groups excluding carboxylic acids is 2. The van der Waals surface area contributed by atoms with Crippen molar-refractivity contribution in [2.75, 3.05) is 0 Å². The Bertz CT molecular complexity index is 474. The summed E-state index contributed by atoms with van der Waals surface area (Å²) in [4.78, 5) is 22.7. The number of carbonyl (C=O) groups is 2. The topological polar surface area (TPSA) is 67.2 Å². The van der Waals surface area contributed by atoms with E-state index in [0.29, 0.717) is 11.3 Å². The Morgan fingerprint density at radius 2 is 2.18 bits per heavy atom. The van der Waals surface area contributed by atoms with E-state index < -0.39 is 5.97 Å². The summed E-state index contributed by atoms with van der Waals surface area (Å²) in [6.45, 7) is 3.00. The number of rotatable bonds is 4. The summed E-state index contributed by atoms with van der Waals surface area (Å²) < 4.78 is 4.89. The minimum absolute atomic E-state index is 0.124. The Kier molecular flexibility index (Phi) is 4.41. The fraction of sp³-hybridized carbons (Fsp3) is 0.308. The molecule has 0 aromatic heterocycles. The third-order valence-corrected chi connectivity index (χ3v) is 2.23. The SMILES string of the molecule is CC(=O)Oc1cccc(C(=O)C(C)CC#N)c1. The molecule has 1 rings (SSSR count). The molecule has 4 nitrogen and oxygen atoms in total. The number of nitriles is 1. The van der Waals surface area contributed by atoms with E-state index in [9.17, 15) is 9.59 Å². The van der Waals surface area contributed by atoms with Gasteiger partial charge >= 0.3 is 5.97 Å². The van der Waals surface area contributed by atoms with Gasteiger partial charge in [0.2, 0.25) is 0 Å². The molecule has 4 heteroatoms. The second kappa shape index (κ2) is 5.80. The van der Waals surface area contributed by atoms with E-state index in [2.05, 4.69) is 0 Å². The lowest BCUT2D eigenvalue weighted by Gasteiger charge is -2.07. The van der Waals surface area contributed by atoms with Crippen LogP contribution in [0.4, 0.5) is 0 Å². The maximum atomic E-state index is 11.9. The lowest BCUT2D eigenvalue weighted by atomic mass is 9.97. The third kappa shape index (κ3) is 3.72. The summed E-state index contributed by atoms with van der Waals surface area (Å²) in [5.74, 6) is -0.569. The first kappa shape index (κ1) is 12.9. The zero-order chi connectivity index (χ0) is 12.8. The zero-order valence-corrected chi connectivity index (χ0v) is 9.77. The fourth-order valence-electron chi connectivity index (χ4n) is 1.39. The Labute approximate surface area is 99.8 Å². The molecule has 0 fully saturated rings. The van der Waals surface area contributed by atoms with Crippen LogP contribution in [-0.4, -0.2) is 11.8 Å². The van der Waals surface area contributed by atoms with Gasteiger partial charge in [0.25, 0.3) is 0 Å². The Hall–Kier alpha value is -2.15. The maximum Gasteiger partial charge on any atom is 0.308 e. The van der Waals surface area contributed by atoms with Gasteiger partial charge in [-0.25, -0.2) is 0 Å². The van der Waals surface area contributed by atoms with Crippen molar-refractivity contribution in [1.29, 1.82) is 5.26 Å². The van der Waals surface area contributed by atoms with Gasteiger partial charge in [-0.1, -0.05) is 19.1 Å². The molecule has 0 aliphatic heterocycles. The summed E-state index contributed by atoms with van der Waals surface area (Å²) in [5.41, 5.74) is 0.450. The van der Waals surface area contributed by atoms with Crippen LogP contribution in [-0.2, 0) is 4.79 Å². The summed E-state index contributed by atoms with van der Waals surface area (Å²) in [6.07, 6.45) is 0.177. The highest BCUT2D eigenvalue weighted by Gasteiger charge is 2.15. The average molecular weight is 231 g/mol. The highest BCUT2D eigenvalue weighted by atomic mass is 16.5. The molecule has 1 aromatic rings. The average Bonchev–Trinajstić information content (AvgIpc) is 2.28. The molecular weight excluding hydrogens is 218 g/mol. The van der Waals surface area contributed by atoms with Gasteiger partial charge in [0.15, 0.2) is 5.78 Å². The van der Waals surface area contributed by atoms with Crippen LogP contribution in [0.3, 0.4) is 0 Å². The molecule has 0 radical (unpaired) electrons. The Balaban J connectivity index is 2.88. The first-order chi connectivity index (χ1) is 8.04. The number of hydrogen-bond acceptors (Lipinski definition) is 4. The number of ketones is 1. The molecule has 0 bridgehead atoms. The molecule has 0 amide bonds. The molecule has 0 saturated carbocycles. The molecule has 1 unspecified atom stereocenters. The zero-order valence-electron chi connectivity index (χ0n) is 9.77. The predicted molar refractivity (Wildman–Crippen MR) is 61.5 cm³/mol. The largest absolute Gasteiger partial charge is 0.427 e. The summed E-state index contributed by atoms with van der Waals surface area (Å²) >= 11 is 0. The van der Waals surface area contributed by atoms with Gasteiger partial charge in [-0.15, -0.1) is 0 Å². The van der Waals surface area contributed by atoms with Gasteiger partial charge in [-0.05, 0) is 12.1 Å². The van der Waals surface area contributed by atoms with Crippen LogP contribution in [0.5, 0.6) is 5.75 Å². The van der Waals surface area contributed by atoms with Crippen molar-refractivity contribution in [2.45, 2.75) is 20.3 Å². The molecule has 17 heavy (non-hydrogen) atoms. The van der Waals surface area contributed by atoms with Crippen molar-refractivity contribution >= 4 is 11.8 Å². The number of nitrogens with zero attached hydrogens (tertiary/aromatic N) is 1. The van der Waals surface area contributed by atoms with E-state index in [4.69, 9.17) is 10.00 Å². The second-order valence-corrected chi connectivity index (χ2v) is 3.75. The van der Waals surface area contributed by atoms with Gasteiger partial charge < -0.3 is 4.74 Å². The summed E-state index contributed by atoms with van der Waals surface area (Å²) in [6, 6.07) is 8.36. The number of esters is 1. The van der Waals surface area contributed by atoms with Crippen molar-refractivity contribution in [3.05, 3.63) is 29.8 Å². The lowest BCUT2D eigenvalue weighted by molar-refractivity contribution is -0.131. The van der Waals surface area contributed by atoms with Crippen LogP contribution in [0.2, 0.25) is 0 Å². The van der Waals surface area contributed by atoms with Crippen molar-refractivity contribution in [1.82, 2.24) is 0 Å². The molecular formula is C13H13NO3. The Morgan fingerprint density at radius 3 is 2.76 bits per heavy atom. The van der Waals surface area contributed by atoms with Gasteiger partial charge in [-0.2, -0.15) is 5.26 Å². The van der Waals surface area contributed by atoms with Gasteiger partial charge in [-0.3, -0.25) is 9.59 Å². The highest BCUT2D eigenvalue weighted by Crippen LogP contribution is 2.17. The van der Waals surface area contributed by atoms with Crippen LogP contribution < -0.4 is 4.74 Å². The van der Waals surface area contributed by atoms with E-state index in [-0.39, 0.29) is 18.1 Å². The molecule has 88 valence electrons. The molecule has 0 aliphatic carbocycles. The molecule has 1 aromatic carbocycles. The first-order valence-corrected chi connectivity index (χ1v) is 5.24. The monoisotopic (exact) mass is 231 g/mol. The van der Waals surface area contributed by atoms with Crippen molar-refractivity contribution in [2.24, 2.45) is 5.92 Å². The van der Waals surface area contributed by atoms with Gasteiger partial charge in [0.05, 0.1) is 6.07 Å². The first-order valence-electron chi connectivity index (χ1n) is 5.24. The highest BCUT2D eigenvalue weighted by molar-refractivity contribution is 5.98. The molecule has 0 heterocycles. The van der Waals surface area contributed by atoms with Crippen LogP contribution in [0.25, 0.3) is 0 Å². The minimum Gasteiger partial charge on any atom is -0.427 e. The lowest BCUT2D eigenvalue weighted by Crippen LogP contribution is -2.11. The number of benzene rings is 1. The predicted octanol–water partition coefficient (Wildman–Crippen LogP) is 2.34. The van der Waals surface area contributed by atoms with Crippen LogP contribution in [0.15, 0.2) is 24.3 Å². The maximum absolute atomic E-state index is 11.9.